The summed E-state index contributed by atoms with van der Waals surface area (Å²) in [7, 11) is 0. The molecule has 3 heteroatoms. The third kappa shape index (κ3) is 2.98. The van der Waals surface area contributed by atoms with E-state index < -0.39 is 6.42 Å². The average molecular weight is 322 g/mol. The lowest BCUT2D eigenvalue weighted by Gasteiger charge is -2.60. The Hall–Kier alpha value is -1.74. The molecule has 3 atom stereocenters. The molecule has 0 bridgehead atoms. The summed E-state index contributed by atoms with van der Waals surface area (Å²) in [5.41, 5.74) is 5.43. The van der Waals surface area contributed by atoms with Crippen LogP contribution in [-0.2, 0) is 0 Å². The molecule has 1 heterocycles. The number of aryl methyl sites for hydroxylation is 2. The summed E-state index contributed by atoms with van der Waals surface area (Å²) in [4.78, 5) is 4.29. The van der Waals surface area contributed by atoms with Crippen molar-refractivity contribution in [1.82, 2.24) is 0 Å². The molecule has 1 aliphatic heterocycles. The first-order valence-corrected chi connectivity index (χ1v) is 9.34. The normalized spacial score (nSPS) is 26.4. The van der Waals surface area contributed by atoms with Gasteiger partial charge in [0, 0.05) is 12.1 Å². The van der Waals surface area contributed by atoms with Crippen LogP contribution in [0.3, 0.4) is 0 Å². The summed E-state index contributed by atoms with van der Waals surface area (Å²) >= 11 is 0. The van der Waals surface area contributed by atoms with E-state index in [1.54, 1.807) is 4.81 Å². The molecule has 1 aliphatic rings. The van der Waals surface area contributed by atoms with Crippen LogP contribution < -0.4 is 9.62 Å². The van der Waals surface area contributed by atoms with Gasteiger partial charge in [0.15, 0.2) is 0 Å². The largest absolute Gasteiger partial charge is 0.490 e. The van der Waals surface area contributed by atoms with Gasteiger partial charge in [-0.25, -0.2) is 0 Å². The molecule has 2 nitrogen and oxygen atoms in total. The van der Waals surface area contributed by atoms with Crippen molar-refractivity contribution in [1.29, 1.82) is 0 Å². The van der Waals surface area contributed by atoms with Crippen molar-refractivity contribution in [3.63, 3.8) is 0 Å². The highest BCUT2D eigenvalue weighted by atomic mass is 15.3. The van der Waals surface area contributed by atoms with Crippen molar-refractivity contribution in [2.24, 2.45) is 0 Å². The monoisotopic (exact) mass is 322 g/mol. The second-order valence-electron chi connectivity index (χ2n) is 8.35. The van der Waals surface area contributed by atoms with Gasteiger partial charge in [-0.2, -0.15) is 0 Å². The van der Waals surface area contributed by atoms with Crippen LogP contribution in [0.25, 0.3) is 0 Å². The van der Waals surface area contributed by atoms with Gasteiger partial charge >= 0.3 is 6.42 Å². The predicted octanol–water partition coefficient (Wildman–Crippen LogP) is 4.21. The highest BCUT2D eigenvalue weighted by molar-refractivity contribution is 6.73. The lowest BCUT2D eigenvalue weighted by atomic mass is 9.44. The van der Waals surface area contributed by atoms with Crippen LogP contribution in [0.1, 0.15) is 31.4 Å². The Labute approximate surface area is 147 Å². The average Bonchev–Trinajstić information content (AvgIpc) is 2.50. The number of rotatable bonds is 2. The molecular weight excluding hydrogens is 291 g/mol. The fourth-order valence-electron chi connectivity index (χ4n) is 5.02. The molecule has 0 spiro atoms. The van der Waals surface area contributed by atoms with Gasteiger partial charge in [-0.05, 0) is 58.0 Å². The standard InChI is InChI=1S/C21H31BN2/c1-16-7-11-20(12-8-16)23-18(3)15-19(4)24(22(23,5)6)21-13-9-17(2)10-14-21/h7-14,18-19,23H,15H2,1-6H3. The summed E-state index contributed by atoms with van der Waals surface area (Å²) in [5.74, 6) is 0. The van der Waals surface area contributed by atoms with E-state index in [4.69, 9.17) is 0 Å². The Kier molecular flexibility index (Phi) is 4.48. The van der Waals surface area contributed by atoms with Crippen LogP contribution >= 0.6 is 0 Å². The van der Waals surface area contributed by atoms with E-state index in [1.165, 1.54) is 28.9 Å². The van der Waals surface area contributed by atoms with Gasteiger partial charge in [-0.1, -0.05) is 35.4 Å². The van der Waals surface area contributed by atoms with Gasteiger partial charge in [0.05, 0.1) is 11.7 Å². The van der Waals surface area contributed by atoms with E-state index in [2.05, 4.69) is 94.7 Å². The maximum absolute atomic E-state index is 2.68. The second kappa shape index (κ2) is 6.29. The summed E-state index contributed by atoms with van der Waals surface area (Å²) in [6.45, 7) is 14.0. The summed E-state index contributed by atoms with van der Waals surface area (Å²) in [6, 6.07) is 19.4. The molecule has 0 saturated carbocycles. The van der Waals surface area contributed by atoms with Crippen molar-refractivity contribution >= 4 is 17.8 Å². The molecule has 0 radical (unpaired) electrons. The van der Waals surface area contributed by atoms with Crippen LogP contribution in [0.5, 0.6) is 0 Å². The van der Waals surface area contributed by atoms with Crippen molar-refractivity contribution in [2.45, 2.75) is 59.8 Å². The minimum atomic E-state index is -0.783. The number of anilines is 1. The van der Waals surface area contributed by atoms with E-state index in [0.29, 0.717) is 12.1 Å². The Balaban J connectivity index is 2.03. The summed E-state index contributed by atoms with van der Waals surface area (Å²) in [5, 5.41) is 0. The third-order valence-electron chi connectivity index (χ3n) is 5.87. The Bertz CT molecular complexity index is 631. The summed E-state index contributed by atoms with van der Waals surface area (Å²) in [6.07, 6.45) is 0.428. The molecule has 0 amide bonds. The fourth-order valence-corrected chi connectivity index (χ4v) is 5.02. The van der Waals surface area contributed by atoms with Crippen LogP contribution in [0, 0.1) is 13.8 Å². The Morgan fingerprint density at radius 2 is 1.38 bits per heavy atom. The van der Waals surface area contributed by atoms with Gasteiger partial charge < -0.3 is 9.62 Å². The van der Waals surface area contributed by atoms with E-state index in [1.807, 2.05) is 0 Å². The number of benzene rings is 2. The molecule has 1 saturated heterocycles. The fraction of sp³-hybridized carbons (Fsp3) is 0.429. The van der Waals surface area contributed by atoms with E-state index in [-0.39, 0.29) is 0 Å². The molecule has 128 valence electrons. The van der Waals surface area contributed by atoms with Gasteiger partial charge in [-0.15, -0.1) is 13.6 Å². The zero-order chi connectivity index (χ0) is 17.5. The Morgan fingerprint density at radius 3 is 1.92 bits per heavy atom. The lowest BCUT2D eigenvalue weighted by Crippen LogP contribution is -3.25. The molecule has 3 rings (SSSR count). The van der Waals surface area contributed by atoms with Crippen molar-refractivity contribution in [2.75, 3.05) is 4.81 Å². The lowest BCUT2D eigenvalue weighted by molar-refractivity contribution is -0.757. The topological polar surface area (TPSA) is 7.68 Å². The smallest absolute Gasteiger partial charge is 0.301 e. The van der Waals surface area contributed by atoms with Gasteiger partial charge in [0.25, 0.3) is 0 Å². The second-order valence-corrected chi connectivity index (χ2v) is 8.35. The van der Waals surface area contributed by atoms with Crippen molar-refractivity contribution in [3.05, 3.63) is 59.7 Å². The van der Waals surface area contributed by atoms with E-state index in [0.717, 1.165) is 0 Å². The molecule has 2 aromatic carbocycles. The molecule has 1 fully saturated rings. The Morgan fingerprint density at radius 1 is 0.875 bits per heavy atom. The van der Waals surface area contributed by atoms with Gasteiger partial charge in [0.1, 0.15) is 0 Å². The SMILES string of the molecule is Cc1ccc(N2C(C)CC(C)[NH+](c3ccc(C)cc3)[B-]2(C)C)cc1. The zero-order valence-electron chi connectivity index (χ0n) is 16.0. The first-order chi connectivity index (χ1) is 11.3. The zero-order valence-corrected chi connectivity index (χ0v) is 16.0. The molecule has 3 unspecified atom stereocenters. The summed E-state index contributed by atoms with van der Waals surface area (Å²) < 4.78 is 0. The maximum atomic E-state index is 2.68. The van der Waals surface area contributed by atoms with Crippen molar-refractivity contribution in [3.8, 4) is 0 Å². The highest BCUT2D eigenvalue weighted by Gasteiger charge is 2.44. The van der Waals surface area contributed by atoms with E-state index >= 15 is 0 Å². The minimum absolute atomic E-state index is 0.562. The quantitative estimate of drug-likeness (QED) is 0.814. The number of hydrogen-bond acceptors (Lipinski definition) is 1. The number of nitrogens with zero attached hydrogens (tertiary/aromatic N) is 1. The highest BCUT2D eigenvalue weighted by Crippen LogP contribution is 2.28. The molecule has 0 aliphatic carbocycles. The molecule has 2 aromatic rings. The number of nitrogens with one attached hydrogen (secondary N) is 1. The van der Waals surface area contributed by atoms with Crippen LogP contribution in [0.4, 0.5) is 11.4 Å². The first kappa shape index (κ1) is 17.1. The van der Waals surface area contributed by atoms with Crippen LogP contribution in [0.2, 0.25) is 13.6 Å². The van der Waals surface area contributed by atoms with Crippen LogP contribution in [-0.4, -0.2) is 18.5 Å². The van der Waals surface area contributed by atoms with Crippen molar-refractivity contribution < 1.29 is 4.81 Å². The third-order valence-corrected chi connectivity index (χ3v) is 5.87. The number of hydrogen-bond donors (Lipinski definition) is 1. The molecule has 1 N–H and O–H groups in total. The van der Waals surface area contributed by atoms with Crippen LogP contribution in [0.15, 0.2) is 48.5 Å². The molecular formula is C21H31BN2. The first-order valence-electron chi connectivity index (χ1n) is 9.34. The van der Waals surface area contributed by atoms with Gasteiger partial charge in [-0.3, -0.25) is 0 Å². The molecule has 24 heavy (non-hydrogen) atoms. The van der Waals surface area contributed by atoms with E-state index in [9.17, 15) is 0 Å². The van der Waals surface area contributed by atoms with Gasteiger partial charge in [0.2, 0.25) is 0 Å². The predicted molar refractivity (Wildman–Crippen MR) is 106 cm³/mol. The maximum Gasteiger partial charge on any atom is 0.301 e. The molecule has 0 aromatic heterocycles. The minimum Gasteiger partial charge on any atom is -0.490 e. The number of quaternary nitrogens is 1.